The minimum atomic E-state index is -1.12. The summed E-state index contributed by atoms with van der Waals surface area (Å²) >= 11 is 3.21. The Morgan fingerprint density at radius 3 is 2.70 bits per heavy atom. The number of halogens is 1. The Bertz CT molecular complexity index is 668. The number of para-hydroxylation sites is 1. The van der Waals surface area contributed by atoms with Crippen LogP contribution in [0, 0.1) is 0 Å². The molecule has 3 N–H and O–H groups in total. The van der Waals surface area contributed by atoms with Crippen LogP contribution in [0.3, 0.4) is 0 Å². The van der Waals surface area contributed by atoms with E-state index in [2.05, 4.69) is 31.7 Å². The van der Waals surface area contributed by atoms with Crippen molar-refractivity contribution in [3.05, 3.63) is 40.6 Å². The predicted molar refractivity (Wildman–Crippen MR) is 77.0 cm³/mol. The van der Waals surface area contributed by atoms with Crippen LogP contribution in [0.5, 0.6) is 0 Å². The summed E-state index contributed by atoms with van der Waals surface area (Å²) in [6, 6.07) is 4.09. The van der Waals surface area contributed by atoms with Crippen LogP contribution in [-0.2, 0) is 7.05 Å². The Kier molecular flexibility index (Phi) is 4.04. The lowest BCUT2D eigenvalue weighted by Gasteiger charge is -2.10. The number of rotatable bonds is 3. The van der Waals surface area contributed by atoms with Gasteiger partial charge in [-0.25, -0.2) is 9.59 Å². The standard InChI is InChI=1S/C12H11BrN4O3/c1-17-6-7(5-14-17)15-12(20)16-10-8(11(18)19)3-2-4-9(10)13/h2-6H,1H3,(H,18,19)(H2,15,16,20). The lowest BCUT2D eigenvalue weighted by Crippen LogP contribution is -2.21. The number of carboxylic acid groups (broad SMARTS) is 1. The second-order valence-electron chi connectivity index (χ2n) is 3.95. The number of carboxylic acids is 1. The van der Waals surface area contributed by atoms with E-state index in [9.17, 15) is 9.59 Å². The maximum Gasteiger partial charge on any atom is 0.337 e. The maximum atomic E-state index is 11.8. The molecule has 0 radical (unpaired) electrons. The first kappa shape index (κ1) is 14.1. The number of aromatic nitrogens is 2. The van der Waals surface area contributed by atoms with Gasteiger partial charge < -0.3 is 15.7 Å². The van der Waals surface area contributed by atoms with E-state index in [-0.39, 0.29) is 11.3 Å². The van der Waals surface area contributed by atoms with Crippen molar-refractivity contribution < 1.29 is 14.7 Å². The molecule has 2 aromatic rings. The highest BCUT2D eigenvalue weighted by atomic mass is 79.9. The third-order valence-corrected chi connectivity index (χ3v) is 3.11. The average molecular weight is 339 g/mol. The molecule has 0 saturated carbocycles. The fourth-order valence-electron chi connectivity index (χ4n) is 1.59. The highest BCUT2D eigenvalue weighted by Gasteiger charge is 2.15. The summed E-state index contributed by atoms with van der Waals surface area (Å²) < 4.78 is 2.02. The number of nitrogens with one attached hydrogen (secondary N) is 2. The molecule has 20 heavy (non-hydrogen) atoms. The van der Waals surface area contributed by atoms with Gasteiger partial charge in [-0.15, -0.1) is 0 Å². The van der Waals surface area contributed by atoms with Crippen molar-refractivity contribution in [3.8, 4) is 0 Å². The first-order chi connectivity index (χ1) is 9.47. The van der Waals surface area contributed by atoms with Crippen molar-refractivity contribution in [2.24, 2.45) is 7.05 Å². The molecule has 8 heteroatoms. The van der Waals surface area contributed by atoms with Gasteiger partial charge in [-0.3, -0.25) is 4.68 Å². The van der Waals surface area contributed by atoms with Crippen LogP contribution in [0.1, 0.15) is 10.4 Å². The van der Waals surface area contributed by atoms with Crippen LogP contribution in [0.2, 0.25) is 0 Å². The van der Waals surface area contributed by atoms with Crippen LogP contribution in [-0.4, -0.2) is 26.9 Å². The van der Waals surface area contributed by atoms with Gasteiger partial charge in [0.05, 0.1) is 23.1 Å². The average Bonchev–Trinajstić information content (AvgIpc) is 2.77. The molecule has 0 aliphatic carbocycles. The normalized spacial score (nSPS) is 10.1. The van der Waals surface area contributed by atoms with Crippen molar-refractivity contribution in [2.45, 2.75) is 0 Å². The summed E-state index contributed by atoms with van der Waals surface area (Å²) in [6.07, 6.45) is 3.11. The smallest absolute Gasteiger partial charge is 0.337 e. The molecule has 0 aliphatic heterocycles. The minimum Gasteiger partial charge on any atom is -0.478 e. The number of amides is 2. The van der Waals surface area contributed by atoms with E-state index < -0.39 is 12.0 Å². The van der Waals surface area contributed by atoms with E-state index in [0.717, 1.165) is 0 Å². The Morgan fingerprint density at radius 1 is 1.35 bits per heavy atom. The molecule has 0 spiro atoms. The van der Waals surface area contributed by atoms with Gasteiger partial charge in [0.2, 0.25) is 0 Å². The molecule has 2 rings (SSSR count). The van der Waals surface area contributed by atoms with Gasteiger partial charge in [-0.2, -0.15) is 5.10 Å². The van der Waals surface area contributed by atoms with Crippen molar-refractivity contribution in [1.82, 2.24) is 9.78 Å². The molecule has 2 amide bonds. The molecular formula is C12H11BrN4O3. The third-order valence-electron chi connectivity index (χ3n) is 2.45. The van der Waals surface area contributed by atoms with Gasteiger partial charge in [0.15, 0.2) is 0 Å². The monoisotopic (exact) mass is 338 g/mol. The van der Waals surface area contributed by atoms with Crippen LogP contribution < -0.4 is 10.6 Å². The third kappa shape index (κ3) is 3.15. The van der Waals surface area contributed by atoms with Gasteiger partial charge in [-0.1, -0.05) is 6.07 Å². The Labute approximate surface area is 122 Å². The fourth-order valence-corrected chi connectivity index (χ4v) is 2.06. The number of anilines is 2. The number of aromatic carboxylic acids is 1. The van der Waals surface area contributed by atoms with Crippen molar-refractivity contribution in [3.63, 3.8) is 0 Å². The van der Waals surface area contributed by atoms with Crippen molar-refractivity contribution >= 4 is 39.3 Å². The van der Waals surface area contributed by atoms with Gasteiger partial charge in [0.25, 0.3) is 0 Å². The van der Waals surface area contributed by atoms with Gasteiger partial charge in [-0.05, 0) is 28.1 Å². The molecule has 1 heterocycles. The van der Waals surface area contributed by atoms with Crippen LogP contribution in [0.25, 0.3) is 0 Å². The summed E-state index contributed by atoms with van der Waals surface area (Å²) in [5.74, 6) is -1.12. The fraction of sp³-hybridized carbons (Fsp3) is 0.0833. The Morgan fingerprint density at radius 2 is 2.10 bits per heavy atom. The SMILES string of the molecule is Cn1cc(NC(=O)Nc2c(Br)cccc2C(=O)O)cn1. The number of hydrogen-bond donors (Lipinski definition) is 3. The van der Waals surface area contributed by atoms with E-state index in [1.807, 2.05) is 0 Å². The number of aryl methyl sites for hydroxylation is 1. The summed E-state index contributed by atoms with van der Waals surface area (Å²) in [7, 11) is 1.72. The van der Waals surface area contributed by atoms with E-state index in [0.29, 0.717) is 10.2 Å². The largest absolute Gasteiger partial charge is 0.478 e. The van der Waals surface area contributed by atoms with Crippen LogP contribution in [0.15, 0.2) is 35.1 Å². The molecule has 1 aromatic heterocycles. The zero-order chi connectivity index (χ0) is 14.7. The molecule has 0 bridgehead atoms. The number of carbonyl (C=O) groups is 2. The second-order valence-corrected chi connectivity index (χ2v) is 4.80. The highest BCUT2D eigenvalue weighted by Crippen LogP contribution is 2.26. The number of nitrogens with zero attached hydrogens (tertiary/aromatic N) is 2. The maximum absolute atomic E-state index is 11.8. The molecule has 1 aromatic carbocycles. The quantitative estimate of drug-likeness (QED) is 0.801. The molecule has 0 saturated heterocycles. The lowest BCUT2D eigenvalue weighted by atomic mass is 10.2. The Balaban J connectivity index is 2.17. The van der Waals surface area contributed by atoms with E-state index >= 15 is 0 Å². The summed E-state index contributed by atoms with van der Waals surface area (Å²) in [6.45, 7) is 0. The van der Waals surface area contributed by atoms with Crippen molar-refractivity contribution in [2.75, 3.05) is 10.6 Å². The zero-order valence-electron chi connectivity index (χ0n) is 10.4. The van der Waals surface area contributed by atoms with Crippen molar-refractivity contribution in [1.29, 1.82) is 0 Å². The van der Waals surface area contributed by atoms with E-state index in [1.165, 1.54) is 16.9 Å². The topological polar surface area (TPSA) is 96.2 Å². The predicted octanol–water partition coefficient (Wildman–Crippen LogP) is 2.52. The molecule has 104 valence electrons. The van der Waals surface area contributed by atoms with Gasteiger partial charge >= 0.3 is 12.0 Å². The number of benzene rings is 1. The second kappa shape index (κ2) is 5.74. The van der Waals surface area contributed by atoms with Gasteiger partial charge in [0, 0.05) is 17.7 Å². The summed E-state index contributed by atoms with van der Waals surface area (Å²) in [5, 5.41) is 18.1. The first-order valence-corrected chi connectivity index (χ1v) is 6.35. The number of hydrogen-bond acceptors (Lipinski definition) is 3. The zero-order valence-corrected chi connectivity index (χ0v) is 12.0. The van der Waals surface area contributed by atoms with Crippen LogP contribution in [0.4, 0.5) is 16.2 Å². The molecule has 7 nitrogen and oxygen atoms in total. The Hall–Kier alpha value is -2.35. The molecule has 0 unspecified atom stereocenters. The van der Waals surface area contributed by atoms with E-state index in [1.54, 1.807) is 25.4 Å². The number of carbonyl (C=O) groups excluding carboxylic acids is 1. The molecule has 0 atom stereocenters. The first-order valence-electron chi connectivity index (χ1n) is 5.56. The molecule has 0 aliphatic rings. The minimum absolute atomic E-state index is 0.000659. The lowest BCUT2D eigenvalue weighted by molar-refractivity contribution is 0.0698. The van der Waals surface area contributed by atoms with E-state index in [4.69, 9.17) is 5.11 Å². The number of urea groups is 1. The summed E-state index contributed by atoms with van der Waals surface area (Å²) in [5.41, 5.74) is 0.705. The summed E-state index contributed by atoms with van der Waals surface area (Å²) in [4.78, 5) is 23.0. The van der Waals surface area contributed by atoms with Gasteiger partial charge in [0.1, 0.15) is 0 Å². The highest BCUT2D eigenvalue weighted by molar-refractivity contribution is 9.10. The van der Waals surface area contributed by atoms with Crippen LogP contribution >= 0.6 is 15.9 Å². The molecule has 0 fully saturated rings. The molecular weight excluding hydrogens is 328 g/mol.